The first-order valence-electron chi connectivity index (χ1n) is 16.4. The quantitative estimate of drug-likeness (QED) is 0.0777. The number of thiazole rings is 1. The van der Waals surface area contributed by atoms with Gasteiger partial charge in [0.1, 0.15) is 6.61 Å². The lowest BCUT2D eigenvalue weighted by atomic mass is 9.95. The molecule has 3 aromatic carbocycles. The van der Waals surface area contributed by atoms with Crippen molar-refractivity contribution in [2.45, 2.75) is 59.8 Å². The molecular weight excluding hydrogens is 767 g/mol. The Kier molecular flexibility index (Phi) is 12.2. The molecular formula is C39H41IN2O7S. The third-order valence-corrected chi connectivity index (χ3v) is 9.50. The van der Waals surface area contributed by atoms with Crippen LogP contribution in [-0.4, -0.2) is 37.0 Å². The van der Waals surface area contributed by atoms with Crippen LogP contribution in [0.5, 0.6) is 23.0 Å². The number of fused-ring (bicyclic) bond motifs is 1. The molecule has 1 aliphatic heterocycles. The molecule has 4 aromatic rings. The summed E-state index contributed by atoms with van der Waals surface area (Å²) in [7, 11) is 1.56. The summed E-state index contributed by atoms with van der Waals surface area (Å²) in [5.74, 6) is 1.72. The summed E-state index contributed by atoms with van der Waals surface area (Å²) in [4.78, 5) is 33.0. The molecule has 0 unspecified atom stereocenters. The molecule has 0 radical (unpaired) electrons. The van der Waals surface area contributed by atoms with Crippen molar-refractivity contribution in [2.24, 2.45) is 4.99 Å². The van der Waals surface area contributed by atoms with Gasteiger partial charge in [0.05, 0.1) is 48.3 Å². The van der Waals surface area contributed by atoms with E-state index in [1.54, 1.807) is 37.7 Å². The van der Waals surface area contributed by atoms with Crippen molar-refractivity contribution in [3.05, 3.63) is 124 Å². The molecule has 0 fully saturated rings. The highest BCUT2D eigenvalue weighted by Crippen LogP contribution is 2.37. The normalized spacial score (nSPS) is 14.2. The van der Waals surface area contributed by atoms with Crippen LogP contribution in [0.1, 0.15) is 62.9 Å². The molecule has 1 aliphatic rings. The molecule has 2 heterocycles. The molecule has 0 saturated carbocycles. The van der Waals surface area contributed by atoms with Crippen LogP contribution in [0.4, 0.5) is 0 Å². The molecule has 1 aromatic heterocycles. The molecule has 0 saturated heterocycles. The zero-order valence-corrected chi connectivity index (χ0v) is 32.1. The van der Waals surface area contributed by atoms with Gasteiger partial charge in [-0.05, 0) is 123 Å². The smallest absolute Gasteiger partial charge is 0.338 e. The number of benzene rings is 3. The van der Waals surface area contributed by atoms with Gasteiger partial charge in [0.25, 0.3) is 5.56 Å². The first-order valence-corrected chi connectivity index (χ1v) is 18.3. The number of carbonyl (C=O) groups is 1. The highest BCUT2D eigenvalue weighted by molar-refractivity contribution is 14.1. The summed E-state index contributed by atoms with van der Waals surface area (Å²) in [5, 5.41) is 0. The number of rotatable bonds is 14. The Balaban J connectivity index is 1.64. The van der Waals surface area contributed by atoms with Crippen molar-refractivity contribution in [2.75, 3.05) is 20.3 Å². The Hall–Kier alpha value is -4.36. The van der Waals surface area contributed by atoms with E-state index in [0.717, 1.165) is 20.3 Å². The molecule has 0 N–H and O–H groups in total. The van der Waals surface area contributed by atoms with Crippen LogP contribution in [0.25, 0.3) is 6.08 Å². The minimum absolute atomic E-state index is 0.0755. The second-order valence-corrected chi connectivity index (χ2v) is 14.0. The van der Waals surface area contributed by atoms with E-state index in [1.165, 1.54) is 11.3 Å². The minimum Gasteiger partial charge on any atom is -0.493 e. The SMILES string of the molecule is C=CCc1cc(/C=c2\sc3n(c2=O)[C@H](c2ccc(OC(C)C)c(OC)c2)C(C(=O)OCC)=C(C)N=3)cc(OCC)c1OCc1ccc(I)cc1. The third-order valence-electron chi connectivity index (χ3n) is 7.80. The van der Waals surface area contributed by atoms with Gasteiger partial charge in [-0.3, -0.25) is 9.36 Å². The molecule has 1 atom stereocenters. The fourth-order valence-electron chi connectivity index (χ4n) is 5.70. The van der Waals surface area contributed by atoms with Crippen LogP contribution in [0, 0.1) is 3.57 Å². The highest BCUT2D eigenvalue weighted by atomic mass is 127. The van der Waals surface area contributed by atoms with E-state index >= 15 is 0 Å². The van der Waals surface area contributed by atoms with Crippen molar-refractivity contribution in [1.82, 2.24) is 4.57 Å². The Morgan fingerprint density at radius 3 is 2.46 bits per heavy atom. The van der Waals surface area contributed by atoms with E-state index in [4.69, 9.17) is 28.7 Å². The highest BCUT2D eigenvalue weighted by Gasteiger charge is 2.34. The standard InChI is InChI=1S/C39H41IN2O7S/c1-8-11-28-18-26(19-32(46-9-2)36(28)48-22-25-12-15-29(40)16-13-25)20-33-37(43)42-35(27-14-17-30(49-23(4)5)31(21-27)45-7)34(38(44)47-10-3)24(6)41-39(42)50-33/h8,12-21,23,35H,1,9-11,22H2,2-7H3/b33-20-/t35-/m1/s1. The van der Waals surface area contributed by atoms with Gasteiger partial charge in [0.15, 0.2) is 27.8 Å². The maximum absolute atomic E-state index is 14.4. The zero-order chi connectivity index (χ0) is 35.9. The predicted molar refractivity (Wildman–Crippen MR) is 204 cm³/mol. The molecule has 11 heteroatoms. The molecule has 9 nitrogen and oxygen atoms in total. The van der Waals surface area contributed by atoms with Crippen molar-refractivity contribution in [3.63, 3.8) is 0 Å². The molecule has 50 heavy (non-hydrogen) atoms. The summed E-state index contributed by atoms with van der Waals surface area (Å²) in [5.41, 5.74) is 3.79. The van der Waals surface area contributed by atoms with Gasteiger partial charge in [0, 0.05) is 9.13 Å². The lowest BCUT2D eigenvalue weighted by Gasteiger charge is -2.25. The predicted octanol–water partition coefficient (Wildman–Crippen LogP) is 6.90. The molecule has 0 amide bonds. The van der Waals surface area contributed by atoms with E-state index in [0.29, 0.717) is 63.2 Å². The van der Waals surface area contributed by atoms with Gasteiger partial charge in [-0.2, -0.15) is 0 Å². The summed E-state index contributed by atoms with van der Waals surface area (Å²) in [6, 6.07) is 16.6. The molecule has 0 bridgehead atoms. The van der Waals surface area contributed by atoms with Gasteiger partial charge in [0.2, 0.25) is 0 Å². The van der Waals surface area contributed by atoms with Crippen LogP contribution in [0.2, 0.25) is 0 Å². The monoisotopic (exact) mass is 808 g/mol. The van der Waals surface area contributed by atoms with Crippen LogP contribution in [-0.2, 0) is 22.6 Å². The molecule has 262 valence electrons. The summed E-state index contributed by atoms with van der Waals surface area (Å²) in [6.45, 7) is 14.2. The maximum atomic E-state index is 14.4. The largest absolute Gasteiger partial charge is 0.493 e. The number of nitrogens with zero attached hydrogens (tertiary/aromatic N) is 2. The number of hydrogen-bond donors (Lipinski definition) is 0. The number of aromatic nitrogens is 1. The van der Waals surface area contributed by atoms with Crippen molar-refractivity contribution >= 4 is 46.0 Å². The fourth-order valence-corrected chi connectivity index (χ4v) is 7.11. The average molecular weight is 809 g/mol. The van der Waals surface area contributed by atoms with E-state index in [2.05, 4.69) is 29.2 Å². The van der Waals surface area contributed by atoms with Crippen LogP contribution < -0.4 is 33.8 Å². The number of esters is 1. The Bertz CT molecular complexity index is 2100. The first-order chi connectivity index (χ1) is 24.1. The number of ether oxygens (including phenoxy) is 5. The van der Waals surface area contributed by atoms with E-state index in [1.807, 2.05) is 75.4 Å². The third kappa shape index (κ3) is 8.15. The van der Waals surface area contributed by atoms with Crippen LogP contribution in [0.3, 0.4) is 0 Å². The van der Waals surface area contributed by atoms with Crippen LogP contribution in [0.15, 0.2) is 88.3 Å². The van der Waals surface area contributed by atoms with Gasteiger partial charge >= 0.3 is 5.97 Å². The zero-order valence-electron chi connectivity index (χ0n) is 29.1. The number of carbonyl (C=O) groups excluding carboxylic acids is 1. The van der Waals surface area contributed by atoms with Crippen molar-refractivity contribution in [1.29, 1.82) is 0 Å². The number of methoxy groups -OCH3 is 1. The summed E-state index contributed by atoms with van der Waals surface area (Å²) in [6.07, 6.45) is 4.09. The first kappa shape index (κ1) is 36.9. The van der Waals surface area contributed by atoms with E-state index in [-0.39, 0.29) is 23.8 Å². The lowest BCUT2D eigenvalue weighted by Crippen LogP contribution is -2.40. The van der Waals surface area contributed by atoms with E-state index < -0.39 is 12.0 Å². The van der Waals surface area contributed by atoms with E-state index in [9.17, 15) is 9.59 Å². The second kappa shape index (κ2) is 16.6. The Morgan fingerprint density at radius 2 is 1.80 bits per heavy atom. The number of halogens is 1. The van der Waals surface area contributed by atoms with Gasteiger partial charge in [-0.15, -0.1) is 6.58 Å². The fraction of sp³-hybridized carbons (Fsp3) is 0.308. The Morgan fingerprint density at radius 1 is 1.04 bits per heavy atom. The topological polar surface area (TPSA) is 97.6 Å². The summed E-state index contributed by atoms with van der Waals surface area (Å²) >= 11 is 3.53. The second-order valence-electron chi connectivity index (χ2n) is 11.7. The van der Waals surface area contributed by atoms with Gasteiger partial charge < -0.3 is 23.7 Å². The molecule has 0 spiro atoms. The minimum atomic E-state index is -0.804. The van der Waals surface area contributed by atoms with Crippen LogP contribution >= 0.6 is 33.9 Å². The average Bonchev–Trinajstić information content (AvgIpc) is 3.38. The summed E-state index contributed by atoms with van der Waals surface area (Å²) < 4.78 is 32.6. The maximum Gasteiger partial charge on any atom is 0.338 e. The molecule has 5 rings (SSSR count). The number of allylic oxidation sites excluding steroid dienone is 2. The van der Waals surface area contributed by atoms with Crippen molar-refractivity contribution in [3.8, 4) is 23.0 Å². The van der Waals surface area contributed by atoms with Crippen molar-refractivity contribution < 1.29 is 28.5 Å². The number of hydrogen-bond acceptors (Lipinski definition) is 9. The lowest BCUT2D eigenvalue weighted by molar-refractivity contribution is -0.139. The van der Waals surface area contributed by atoms with Gasteiger partial charge in [-0.1, -0.05) is 35.6 Å². The Labute approximate surface area is 309 Å². The van der Waals surface area contributed by atoms with Gasteiger partial charge in [-0.25, -0.2) is 9.79 Å². The molecule has 0 aliphatic carbocycles.